The summed E-state index contributed by atoms with van der Waals surface area (Å²) in [6.07, 6.45) is 6.70. The maximum absolute atomic E-state index is 6.82. The Kier molecular flexibility index (Phi) is 11.0. The summed E-state index contributed by atoms with van der Waals surface area (Å²) < 4.78 is 16.7. The van der Waals surface area contributed by atoms with E-state index in [1.807, 2.05) is 0 Å². The molecule has 176 valence electrons. The second-order valence-corrected chi connectivity index (χ2v) is 24.2. The van der Waals surface area contributed by atoms with E-state index in [0.29, 0.717) is 0 Å². The average molecular weight is 581 g/mol. The van der Waals surface area contributed by atoms with E-state index >= 15 is 0 Å². The van der Waals surface area contributed by atoms with Crippen LogP contribution in [-0.2, 0) is 32.1 Å². The van der Waals surface area contributed by atoms with Gasteiger partial charge in [0.2, 0.25) is 0 Å². The zero-order valence-electron chi connectivity index (χ0n) is 21.6. The van der Waals surface area contributed by atoms with E-state index in [2.05, 4.69) is 93.7 Å². The van der Waals surface area contributed by atoms with Crippen LogP contribution in [0.15, 0.2) is 41.4 Å². The molecule has 0 saturated carbocycles. The normalized spacial score (nSPS) is 17.5. The average Bonchev–Trinajstić information content (AvgIpc) is 3.03. The molecule has 0 aliphatic heterocycles. The first-order chi connectivity index (χ1) is 13.0. The van der Waals surface area contributed by atoms with Crippen LogP contribution < -0.4 is 24.8 Å². The fourth-order valence-corrected chi connectivity index (χ4v) is 9.15. The van der Waals surface area contributed by atoms with Crippen molar-refractivity contribution in [3.05, 3.63) is 41.4 Å². The summed E-state index contributed by atoms with van der Waals surface area (Å²) in [5.74, 6) is 2.55. The summed E-state index contributed by atoms with van der Waals surface area (Å²) in [7, 11) is -3.63. The molecule has 2 rings (SSSR count). The standard InChI is InChI=1S/2C12H21OSi.2ClH.Zr/c2*1-10-7-8-11(9-10)13-14(5,6)12(2,3)4;;;/h2*7H,8H2,1-6H3;2*1H;/q;;;;+2/p-2. The first-order valence-corrected chi connectivity index (χ1v) is 19.2. The molecular weight excluding hydrogens is 539 g/mol. The van der Waals surface area contributed by atoms with Crippen LogP contribution in [0.5, 0.6) is 0 Å². The van der Waals surface area contributed by atoms with Crippen LogP contribution in [0.1, 0.15) is 68.2 Å². The molecule has 0 aromatic carbocycles. The summed E-state index contributed by atoms with van der Waals surface area (Å²) >= 11 is -0.984. The topological polar surface area (TPSA) is 18.5 Å². The molecule has 0 aromatic heterocycles. The van der Waals surface area contributed by atoms with Gasteiger partial charge in [-0.2, -0.15) is 0 Å². The van der Waals surface area contributed by atoms with Crippen LogP contribution in [-0.4, -0.2) is 16.6 Å². The van der Waals surface area contributed by atoms with Crippen molar-refractivity contribution in [2.45, 2.75) is 104 Å². The molecule has 0 heterocycles. The predicted octanol–water partition coefficient (Wildman–Crippen LogP) is 2.24. The quantitative estimate of drug-likeness (QED) is 0.449. The van der Waals surface area contributed by atoms with Crippen molar-refractivity contribution < 1.29 is 56.9 Å². The summed E-state index contributed by atoms with van der Waals surface area (Å²) in [4.78, 5) is 0. The largest absolute Gasteiger partial charge is 1.00 e. The Morgan fingerprint density at radius 3 is 1.23 bits per heavy atom. The third-order valence-corrected chi connectivity index (χ3v) is 20.4. The zero-order valence-corrected chi connectivity index (χ0v) is 27.6. The molecule has 31 heavy (non-hydrogen) atoms. The minimum atomic E-state index is -1.81. The summed E-state index contributed by atoms with van der Waals surface area (Å²) in [6.45, 7) is 28.0. The molecule has 0 fully saturated rings. The van der Waals surface area contributed by atoms with Crippen molar-refractivity contribution in [1.29, 1.82) is 0 Å². The van der Waals surface area contributed by atoms with Crippen molar-refractivity contribution in [2.24, 2.45) is 0 Å². The monoisotopic (exact) mass is 578 g/mol. The van der Waals surface area contributed by atoms with E-state index in [1.54, 1.807) is 6.56 Å². The first-order valence-electron chi connectivity index (χ1n) is 10.9. The molecule has 2 nitrogen and oxygen atoms in total. The third-order valence-electron chi connectivity index (χ3n) is 7.15. The van der Waals surface area contributed by atoms with Gasteiger partial charge in [0.05, 0.1) is 0 Å². The van der Waals surface area contributed by atoms with Gasteiger partial charge in [-0.1, -0.05) is 0 Å². The Morgan fingerprint density at radius 1 is 0.677 bits per heavy atom. The molecular formula is C24H42Cl2O2Si2Zr. The molecule has 0 aromatic rings. The van der Waals surface area contributed by atoms with Crippen LogP contribution in [0.4, 0.5) is 0 Å². The Hall–Kier alpha value is 0.457. The van der Waals surface area contributed by atoms with Gasteiger partial charge in [-0.15, -0.1) is 0 Å². The summed E-state index contributed by atoms with van der Waals surface area (Å²) in [6, 6.07) is 0. The predicted molar refractivity (Wildman–Crippen MR) is 127 cm³/mol. The molecule has 2 aliphatic carbocycles. The van der Waals surface area contributed by atoms with E-state index in [4.69, 9.17) is 8.85 Å². The van der Waals surface area contributed by atoms with Gasteiger partial charge < -0.3 is 24.8 Å². The second kappa shape index (κ2) is 10.8. The van der Waals surface area contributed by atoms with E-state index in [1.165, 1.54) is 22.7 Å². The van der Waals surface area contributed by atoms with Crippen LogP contribution in [0.3, 0.4) is 0 Å². The number of allylic oxidation sites excluding steroid dienone is 6. The third kappa shape index (κ3) is 7.22. The summed E-state index contributed by atoms with van der Waals surface area (Å²) in [5, 5.41) is 0.456. The second-order valence-electron chi connectivity index (χ2n) is 11.6. The maximum atomic E-state index is 6.82. The maximum Gasteiger partial charge on any atom is -1.00 e. The van der Waals surface area contributed by atoms with Gasteiger partial charge >= 0.3 is 195 Å². The van der Waals surface area contributed by atoms with Crippen LogP contribution >= 0.6 is 0 Å². The van der Waals surface area contributed by atoms with Crippen LogP contribution in [0.2, 0.25) is 36.3 Å². The van der Waals surface area contributed by atoms with Gasteiger partial charge in [0.15, 0.2) is 0 Å². The number of hydrogen-bond donors (Lipinski definition) is 0. The van der Waals surface area contributed by atoms with Crippen molar-refractivity contribution in [3.8, 4) is 0 Å². The van der Waals surface area contributed by atoms with E-state index in [-0.39, 0.29) is 34.9 Å². The van der Waals surface area contributed by atoms with Crippen molar-refractivity contribution in [3.63, 3.8) is 0 Å². The SMILES string of the molecule is CC1=CCC(O[Si](C)(C)C(C)(C)C)=[C]1[Zr+2][C]1=C(O[Si](C)(C)C(C)(C)C)CC=C1C.[Cl-].[Cl-]. The molecule has 2 aliphatic rings. The smallest absolute Gasteiger partial charge is 1.00 e. The van der Waals surface area contributed by atoms with Crippen LogP contribution in [0, 0.1) is 0 Å². The molecule has 0 bridgehead atoms. The molecule has 0 N–H and O–H groups in total. The number of halogens is 2. The van der Waals surface area contributed by atoms with Crippen LogP contribution in [0.25, 0.3) is 0 Å². The molecule has 0 saturated heterocycles. The Balaban J connectivity index is 0.00000450. The number of rotatable bonds is 6. The van der Waals surface area contributed by atoms with Crippen molar-refractivity contribution >= 4 is 16.6 Å². The fraction of sp³-hybridized carbons (Fsp3) is 0.667. The van der Waals surface area contributed by atoms with Crippen molar-refractivity contribution in [2.75, 3.05) is 0 Å². The molecule has 0 unspecified atom stereocenters. The first kappa shape index (κ1) is 31.5. The molecule has 0 spiro atoms. The van der Waals surface area contributed by atoms with Gasteiger partial charge in [-0.05, 0) is 0 Å². The molecule has 0 amide bonds. The van der Waals surface area contributed by atoms with E-state index in [9.17, 15) is 0 Å². The van der Waals surface area contributed by atoms with Gasteiger partial charge in [0.25, 0.3) is 0 Å². The molecule has 7 heteroatoms. The number of hydrogen-bond acceptors (Lipinski definition) is 2. The Bertz CT molecular complexity index is 729. The summed E-state index contributed by atoms with van der Waals surface area (Å²) in [5.41, 5.74) is 2.90. The molecule has 0 atom stereocenters. The molecule has 0 radical (unpaired) electrons. The van der Waals surface area contributed by atoms with E-state index in [0.717, 1.165) is 12.8 Å². The van der Waals surface area contributed by atoms with Gasteiger partial charge in [-0.25, -0.2) is 0 Å². The van der Waals surface area contributed by atoms with Gasteiger partial charge in [0, 0.05) is 0 Å². The minimum absolute atomic E-state index is 0. The van der Waals surface area contributed by atoms with Gasteiger partial charge in [-0.3, -0.25) is 0 Å². The Morgan fingerprint density at radius 2 is 0.968 bits per heavy atom. The zero-order chi connectivity index (χ0) is 22.4. The van der Waals surface area contributed by atoms with Crippen molar-refractivity contribution in [1.82, 2.24) is 0 Å². The Labute approximate surface area is 218 Å². The van der Waals surface area contributed by atoms with Gasteiger partial charge in [0.1, 0.15) is 0 Å². The van der Waals surface area contributed by atoms with E-state index < -0.39 is 39.9 Å². The minimum Gasteiger partial charge on any atom is -1.00 e. The fourth-order valence-electron chi connectivity index (χ4n) is 2.91.